The zero-order valence-corrected chi connectivity index (χ0v) is 16.4. The predicted molar refractivity (Wildman–Crippen MR) is 90.1 cm³/mol. The third-order valence-electron chi connectivity index (χ3n) is 3.49. The highest BCUT2D eigenvalue weighted by Gasteiger charge is 2.58. The van der Waals surface area contributed by atoms with Crippen LogP contribution in [0.3, 0.4) is 0 Å². The number of hydrogen-bond donors (Lipinski definition) is 0. The quantitative estimate of drug-likeness (QED) is 0.341. The monoisotopic (exact) mass is 546 g/mol. The number of halogens is 5. The van der Waals surface area contributed by atoms with Gasteiger partial charge >= 0.3 is 0 Å². The minimum absolute atomic E-state index is 0.120. The number of fused-ring (bicyclic) bond motifs is 4. The summed E-state index contributed by atoms with van der Waals surface area (Å²) in [4.78, 5) is 0.578. The second kappa shape index (κ2) is 4.44. The Balaban J connectivity index is 2.32. The summed E-state index contributed by atoms with van der Waals surface area (Å²) in [7, 11) is 0. The van der Waals surface area contributed by atoms with E-state index in [1.54, 1.807) is 0 Å². The van der Waals surface area contributed by atoms with Gasteiger partial charge in [0.2, 0.25) is 0 Å². The molecule has 0 fully saturated rings. The molecular weight excluding hydrogens is 544 g/mol. The largest absolute Gasteiger partial charge is 0.0878 e. The molecular formula is C12H7Br5. The van der Waals surface area contributed by atoms with Crippen molar-refractivity contribution in [1.82, 2.24) is 0 Å². The van der Waals surface area contributed by atoms with Crippen LogP contribution in [0, 0.1) is 0 Å². The minimum Gasteiger partial charge on any atom is -0.0860 e. The Bertz CT molecular complexity index is 523. The lowest BCUT2D eigenvalue weighted by molar-refractivity contribution is 0.623. The molecule has 5 heteroatoms. The molecule has 17 heavy (non-hydrogen) atoms. The van der Waals surface area contributed by atoms with E-state index in [1.165, 1.54) is 20.1 Å². The summed E-state index contributed by atoms with van der Waals surface area (Å²) in [5.41, 5.74) is 2.74. The van der Waals surface area contributed by atoms with Gasteiger partial charge in [0.15, 0.2) is 0 Å². The Morgan fingerprint density at radius 3 is 2.24 bits per heavy atom. The fourth-order valence-electron chi connectivity index (χ4n) is 2.61. The Morgan fingerprint density at radius 1 is 1.00 bits per heavy atom. The maximum atomic E-state index is 3.91. The molecule has 0 nitrogen and oxygen atoms in total. The summed E-state index contributed by atoms with van der Waals surface area (Å²) in [6, 6.07) is 8.61. The molecule has 0 radical (unpaired) electrons. The lowest BCUT2D eigenvalue weighted by atomic mass is 9.81. The summed E-state index contributed by atoms with van der Waals surface area (Å²) in [6.45, 7) is 0. The third kappa shape index (κ3) is 1.61. The summed E-state index contributed by atoms with van der Waals surface area (Å²) < 4.78 is 2.30. The highest BCUT2D eigenvalue weighted by Crippen LogP contribution is 2.67. The van der Waals surface area contributed by atoms with Crippen LogP contribution in [0.15, 0.2) is 33.2 Å². The van der Waals surface area contributed by atoms with E-state index in [9.17, 15) is 0 Å². The van der Waals surface area contributed by atoms with Crippen LogP contribution < -0.4 is 0 Å². The van der Waals surface area contributed by atoms with Gasteiger partial charge in [-0.05, 0) is 11.1 Å². The molecule has 90 valence electrons. The molecule has 0 unspecified atom stereocenters. The Labute approximate surface area is 142 Å². The van der Waals surface area contributed by atoms with Crippen LogP contribution in [-0.2, 0) is 0 Å². The van der Waals surface area contributed by atoms with Crippen molar-refractivity contribution in [3.63, 3.8) is 0 Å². The zero-order chi connectivity index (χ0) is 12.4. The number of hydrogen-bond acceptors (Lipinski definition) is 0. The van der Waals surface area contributed by atoms with Gasteiger partial charge in [-0.15, -0.1) is 0 Å². The Hall–Kier alpha value is 1.36. The smallest absolute Gasteiger partial charge is 0.0860 e. The maximum absolute atomic E-state index is 3.91. The predicted octanol–water partition coefficient (Wildman–Crippen LogP) is 6.13. The summed E-state index contributed by atoms with van der Waals surface area (Å²) in [5.74, 6) is 0.369. The molecule has 0 aliphatic heterocycles. The lowest BCUT2D eigenvalue weighted by Crippen LogP contribution is -2.39. The van der Waals surface area contributed by atoms with E-state index in [2.05, 4.69) is 104 Å². The maximum Gasteiger partial charge on any atom is 0.0878 e. The molecule has 2 aliphatic carbocycles. The average Bonchev–Trinajstić information content (AvgIpc) is 2.47. The standard InChI is InChI=1S/C12H7Br5/c13-8-7-5-3-1-2-4-6(5)9(14)12(17,10(7)15)11(8)16/h1-4,7,9-10H/t7-,9+,10-,12+/m1/s1. The van der Waals surface area contributed by atoms with Crippen LogP contribution in [0.4, 0.5) is 0 Å². The van der Waals surface area contributed by atoms with Crippen LogP contribution >= 0.6 is 79.6 Å². The topological polar surface area (TPSA) is 0 Å². The molecule has 4 atom stereocenters. The molecule has 2 bridgehead atoms. The fraction of sp³-hybridized carbons (Fsp3) is 0.333. The molecule has 0 heterocycles. The van der Waals surface area contributed by atoms with Gasteiger partial charge in [0.05, 0.1) is 9.15 Å². The van der Waals surface area contributed by atoms with E-state index < -0.39 is 0 Å². The van der Waals surface area contributed by atoms with E-state index in [0.717, 1.165) is 0 Å². The van der Waals surface area contributed by atoms with Crippen molar-refractivity contribution in [1.29, 1.82) is 0 Å². The first-order valence-corrected chi connectivity index (χ1v) is 9.32. The van der Waals surface area contributed by atoms with Crippen LogP contribution in [-0.4, -0.2) is 9.15 Å². The molecule has 3 rings (SSSR count). The molecule has 0 saturated heterocycles. The zero-order valence-electron chi connectivity index (χ0n) is 8.43. The van der Waals surface area contributed by atoms with Crippen molar-refractivity contribution in [2.45, 2.75) is 19.9 Å². The van der Waals surface area contributed by atoms with Crippen LogP contribution in [0.5, 0.6) is 0 Å². The molecule has 1 aromatic rings. The van der Waals surface area contributed by atoms with Crippen LogP contribution in [0.25, 0.3) is 0 Å². The van der Waals surface area contributed by atoms with E-state index in [1.807, 2.05) is 0 Å². The van der Waals surface area contributed by atoms with E-state index in [4.69, 9.17) is 0 Å². The highest BCUT2D eigenvalue weighted by atomic mass is 79.9. The van der Waals surface area contributed by atoms with Crippen molar-refractivity contribution in [2.24, 2.45) is 0 Å². The number of alkyl halides is 3. The van der Waals surface area contributed by atoms with Gasteiger partial charge < -0.3 is 0 Å². The molecule has 0 amide bonds. The van der Waals surface area contributed by atoms with Gasteiger partial charge in [-0.25, -0.2) is 0 Å². The van der Waals surface area contributed by atoms with Gasteiger partial charge in [0.25, 0.3) is 0 Å². The van der Waals surface area contributed by atoms with Crippen molar-refractivity contribution < 1.29 is 0 Å². The first-order valence-electron chi connectivity index (χ1n) is 5.11. The summed E-state index contributed by atoms with van der Waals surface area (Å²) >= 11 is 19.1. The SMILES string of the molecule is BrC1=C(Br)[C@@]2(Br)[C@H](Br)[C@@H]1c1ccccc1[C@@H]2Br. The van der Waals surface area contributed by atoms with Gasteiger partial charge in [-0.1, -0.05) is 104 Å². The molecule has 0 N–H and O–H groups in total. The second-order valence-electron chi connectivity index (χ2n) is 4.30. The Kier molecular flexibility index (Phi) is 3.48. The lowest BCUT2D eigenvalue weighted by Gasteiger charge is -2.40. The average molecular weight is 551 g/mol. The van der Waals surface area contributed by atoms with Gasteiger partial charge in [-0.2, -0.15) is 0 Å². The summed E-state index contributed by atoms with van der Waals surface area (Å²) in [5, 5.41) is 0. The summed E-state index contributed by atoms with van der Waals surface area (Å²) in [6.07, 6.45) is 0. The first-order chi connectivity index (χ1) is 7.99. The van der Waals surface area contributed by atoms with Crippen molar-refractivity contribution in [3.8, 4) is 0 Å². The molecule has 1 aromatic carbocycles. The normalized spacial score (nSPS) is 39.5. The molecule has 0 saturated carbocycles. The fourth-order valence-corrected chi connectivity index (χ4v) is 8.46. The van der Waals surface area contributed by atoms with E-state index >= 15 is 0 Å². The van der Waals surface area contributed by atoms with Gasteiger partial charge in [0.1, 0.15) is 0 Å². The third-order valence-corrected chi connectivity index (χ3v) is 11.6. The first kappa shape index (κ1) is 13.3. The van der Waals surface area contributed by atoms with Crippen LogP contribution in [0.1, 0.15) is 21.9 Å². The van der Waals surface area contributed by atoms with Crippen molar-refractivity contribution in [2.75, 3.05) is 0 Å². The van der Waals surface area contributed by atoms with Crippen LogP contribution in [0.2, 0.25) is 0 Å². The van der Waals surface area contributed by atoms with E-state index in [0.29, 0.717) is 10.7 Å². The van der Waals surface area contributed by atoms with Gasteiger partial charge in [0, 0.05) is 19.7 Å². The van der Waals surface area contributed by atoms with Crippen molar-refractivity contribution in [3.05, 3.63) is 44.4 Å². The van der Waals surface area contributed by atoms with Gasteiger partial charge in [-0.3, -0.25) is 0 Å². The molecule has 0 spiro atoms. The molecule has 2 aliphatic rings. The van der Waals surface area contributed by atoms with E-state index in [-0.39, 0.29) is 9.15 Å². The number of benzene rings is 1. The Morgan fingerprint density at radius 2 is 1.59 bits per heavy atom. The highest BCUT2D eigenvalue weighted by molar-refractivity contribution is 9.17. The molecule has 0 aromatic heterocycles. The second-order valence-corrected chi connectivity index (χ2v) is 9.16. The van der Waals surface area contributed by atoms with Crippen molar-refractivity contribution >= 4 is 79.6 Å². The number of rotatable bonds is 0. The minimum atomic E-state index is -0.120. The number of allylic oxidation sites excluding steroid dienone is 2.